The van der Waals surface area contributed by atoms with Crippen molar-refractivity contribution in [3.8, 4) is 0 Å². The van der Waals surface area contributed by atoms with Crippen LogP contribution < -0.4 is 43.0 Å². The lowest BCUT2D eigenvalue weighted by Crippen LogP contribution is -2.78. The first kappa shape index (κ1) is 41.3. The van der Waals surface area contributed by atoms with E-state index < -0.39 is 111 Å². The summed E-state index contributed by atoms with van der Waals surface area (Å²) < 4.78 is 9.67. The van der Waals surface area contributed by atoms with E-state index in [2.05, 4.69) is 34.5 Å². The molecule has 5 atom stereocenters. The van der Waals surface area contributed by atoms with Crippen LogP contribution in [0.4, 0.5) is 0 Å². The Bertz CT molecular complexity index is 1180. The van der Waals surface area contributed by atoms with Gasteiger partial charge < -0.3 is 46.0 Å². The van der Waals surface area contributed by atoms with Gasteiger partial charge in [-0.2, -0.15) is 0 Å². The largest absolute Gasteiger partial charge is 0.831 e. The van der Waals surface area contributed by atoms with Gasteiger partial charge in [-0.05, 0) is 39.4 Å². The molecule has 0 aliphatic rings. The minimum Gasteiger partial charge on any atom is -0.831 e. The van der Waals surface area contributed by atoms with Gasteiger partial charge in [0.05, 0.1) is 18.6 Å². The summed E-state index contributed by atoms with van der Waals surface area (Å²) in [6.45, 7) is 8.61. The second-order valence-electron chi connectivity index (χ2n) is 10.5. The fraction of sp³-hybridized carbons (Fsp3) is 0.571. The molecule has 0 bridgehead atoms. The number of guanidine groups is 1. The standard InChI is InChI=1S/C28H43N6O12/c1-14(2)26(43)45-12-16(25(41)42)10-21(36)19(11-23(38)39)33-22(37)8-7-20(35)18(6-5-9-32-28(30)31)34-24(40)17(29)13-46-27(44)15(3)4/h16-19,23,38H,1,3,5-13,29H2,2,4H3,(H,33,37)(H,34,40)(H,41,42)(H4,30,31,32)/q-1/p+1/t16-,17-,18-,19-,23?/m0/s1. The number of aliphatic hydroxyl groups is 1. The minimum atomic E-state index is -2.32. The topological polar surface area (TPSA) is 322 Å². The molecule has 0 aromatic carbocycles. The molecular formula is C28H44N6O12. The fourth-order valence-electron chi connectivity index (χ4n) is 3.56. The quantitative estimate of drug-likeness (QED) is 0.0134. The summed E-state index contributed by atoms with van der Waals surface area (Å²) in [5.74, 6) is -8.27. The van der Waals surface area contributed by atoms with Crippen molar-refractivity contribution in [2.45, 2.75) is 76.8 Å². The number of amides is 2. The van der Waals surface area contributed by atoms with E-state index in [4.69, 9.17) is 20.9 Å². The number of nitrogens with one attached hydrogen (secondary N) is 3. The average molecular weight is 657 g/mol. The molecule has 0 rings (SSSR count). The second-order valence-corrected chi connectivity index (χ2v) is 10.5. The van der Waals surface area contributed by atoms with E-state index in [0.717, 1.165) is 0 Å². The van der Waals surface area contributed by atoms with Crippen LogP contribution in [0.3, 0.4) is 0 Å². The van der Waals surface area contributed by atoms with E-state index in [0.29, 0.717) is 6.42 Å². The molecule has 18 nitrogen and oxygen atoms in total. The van der Waals surface area contributed by atoms with Gasteiger partial charge in [-0.3, -0.25) is 35.6 Å². The fourth-order valence-corrected chi connectivity index (χ4v) is 3.56. The first-order valence-corrected chi connectivity index (χ1v) is 14.2. The molecule has 18 heteroatoms. The number of esters is 2. The summed E-state index contributed by atoms with van der Waals surface area (Å²) in [5.41, 5.74) is 14.4. The van der Waals surface area contributed by atoms with Crippen molar-refractivity contribution in [2.75, 3.05) is 19.8 Å². The van der Waals surface area contributed by atoms with Crippen LogP contribution >= 0.6 is 0 Å². The zero-order valence-corrected chi connectivity index (χ0v) is 26.0. The molecule has 2 amide bonds. The summed E-state index contributed by atoms with van der Waals surface area (Å²) in [5, 5.41) is 36.9. The van der Waals surface area contributed by atoms with Crippen LogP contribution in [-0.2, 0) is 43.0 Å². The van der Waals surface area contributed by atoms with Crippen molar-refractivity contribution in [1.82, 2.24) is 10.6 Å². The zero-order valence-electron chi connectivity index (χ0n) is 26.0. The Morgan fingerprint density at radius 2 is 1.48 bits per heavy atom. The van der Waals surface area contributed by atoms with E-state index in [1.165, 1.54) is 13.8 Å². The number of aliphatic carboxylic acids is 1. The van der Waals surface area contributed by atoms with Crippen LogP contribution in [0.15, 0.2) is 24.3 Å². The molecule has 0 fully saturated rings. The van der Waals surface area contributed by atoms with Gasteiger partial charge >= 0.3 is 17.9 Å². The van der Waals surface area contributed by atoms with Crippen LogP contribution in [-0.4, -0.2) is 96.5 Å². The summed E-state index contributed by atoms with van der Waals surface area (Å²) in [4.78, 5) is 88.4. The lowest BCUT2D eigenvalue weighted by atomic mass is 9.96. The molecule has 0 aromatic rings. The van der Waals surface area contributed by atoms with E-state index in [1.54, 1.807) is 0 Å². The number of rotatable bonds is 23. The number of carboxylic acids is 1. The van der Waals surface area contributed by atoms with Crippen molar-refractivity contribution in [2.24, 2.45) is 17.4 Å². The van der Waals surface area contributed by atoms with Crippen molar-refractivity contribution in [3.63, 3.8) is 0 Å². The highest BCUT2D eigenvalue weighted by atomic mass is 16.5. The molecule has 0 saturated heterocycles. The summed E-state index contributed by atoms with van der Waals surface area (Å²) in [6, 6.07) is -3.84. The summed E-state index contributed by atoms with van der Waals surface area (Å²) in [6.07, 6.45) is -4.55. The number of ether oxygens (including phenoxy) is 2. The number of hydrogen-bond acceptors (Lipinski definition) is 12. The highest BCUT2D eigenvalue weighted by Crippen LogP contribution is 2.11. The normalized spacial score (nSPS) is 13.8. The molecule has 0 aliphatic carbocycles. The third-order valence-corrected chi connectivity index (χ3v) is 6.14. The Balaban J connectivity index is 5.46. The highest BCUT2D eigenvalue weighted by molar-refractivity contribution is 5.95. The van der Waals surface area contributed by atoms with Gasteiger partial charge in [0.15, 0.2) is 24.2 Å². The number of nitrogens with two attached hydrogens (primary N) is 2. The maximum absolute atomic E-state index is 13.0. The van der Waals surface area contributed by atoms with Gasteiger partial charge in [0.2, 0.25) is 5.91 Å². The monoisotopic (exact) mass is 656 g/mol. The molecule has 1 unspecified atom stereocenters. The van der Waals surface area contributed by atoms with Crippen LogP contribution in [0.5, 0.6) is 0 Å². The molecule has 46 heavy (non-hydrogen) atoms. The Kier molecular flexibility index (Phi) is 19.0. The van der Waals surface area contributed by atoms with E-state index in [9.17, 15) is 48.9 Å². The smallest absolute Gasteiger partial charge is 0.338 e. The molecule has 0 aliphatic heterocycles. The Morgan fingerprint density at radius 3 is 1.98 bits per heavy atom. The predicted molar refractivity (Wildman–Crippen MR) is 154 cm³/mol. The summed E-state index contributed by atoms with van der Waals surface area (Å²) >= 11 is 0. The summed E-state index contributed by atoms with van der Waals surface area (Å²) in [7, 11) is 0. The van der Waals surface area contributed by atoms with E-state index in [-0.39, 0.29) is 30.1 Å². The molecule has 0 spiro atoms. The highest BCUT2D eigenvalue weighted by Gasteiger charge is 2.29. The van der Waals surface area contributed by atoms with Crippen LogP contribution in [0.2, 0.25) is 0 Å². The van der Waals surface area contributed by atoms with Crippen molar-refractivity contribution >= 4 is 47.2 Å². The molecule has 258 valence electrons. The number of Topliss-reactive ketones (excluding diaryl/α,β-unsaturated/α-hetero) is 2. The first-order valence-electron chi connectivity index (χ1n) is 14.2. The van der Waals surface area contributed by atoms with Gasteiger partial charge in [0.1, 0.15) is 6.61 Å². The molecule has 0 heterocycles. The Labute approximate surface area is 265 Å². The van der Waals surface area contributed by atoms with Gasteiger partial charge in [0, 0.05) is 42.3 Å². The van der Waals surface area contributed by atoms with E-state index in [1.807, 2.05) is 0 Å². The first-order chi connectivity index (χ1) is 21.3. The zero-order chi connectivity index (χ0) is 35.6. The van der Waals surface area contributed by atoms with Crippen molar-refractivity contribution in [3.05, 3.63) is 24.3 Å². The number of quaternary nitrogens is 1. The molecule has 0 radical (unpaired) electrons. The van der Waals surface area contributed by atoms with Crippen LogP contribution in [0, 0.1) is 5.92 Å². The van der Waals surface area contributed by atoms with Crippen LogP contribution in [0.25, 0.3) is 0 Å². The third-order valence-electron chi connectivity index (χ3n) is 6.14. The number of hydrogen-bond donors (Lipinski definition) is 7. The van der Waals surface area contributed by atoms with Crippen molar-refractivity contribution < 1.29 is 69.1 Å². The second kappa shape index (κ2) is 21.1. The maximum Gasteiger partial charge on any atom is 0.338 e. The lowest BCUT2D eigenvalue weighted by Gasteiger charge is -2.25. The van der Waals surface area contributed by atoms with Gasteiger partial charge in [-0.25, -0.2) is 9.59 Å². The van der Waals surface area contributed by atoms with E-state index >= 15 is 0 Å². The van der Waals surface area contributed by atoms with Gasteiger partial charge in [-0.1, -0.05) is 13.2 Å². The number of carbonyl (C=O) groups excluding carboxylic acids is 7. The average Bonchev–Trinajstić information content (AvgIpc) is 2.96. The molecule has 0 saturated carbocycles. The van der Waals surface area contributed by atoms with Gasteiger partial charge in [0.25, 0.3) is 5.91 Å². The number of carboxylic acid groups (broad SMARTS) is 1. The minimum absolute atomic E-state index is 0.0231. The molecule has 11 N–H and O–H groups in total. The number of aliphatic hydroxyl groups excluding tert-OH is 1. The molecular weight excluding hydrogens is 612 g/mol. The molecule has 0 aromatic heterocycles. The van der Waals surface area contributed by atoms with Gasteiger partial charge in [-0.15, -0.1) is 0 Å². The lowest BCUT2D eigenvalue weighted by molar-refractivity contribution is -0.483. The third kappa shape index (κ3) is 17.6. The van der Waals surface area contributed by atoms with Crippen LogP contribution in [0.1, 0.15) is 52.4 Å². The number of ketones is 2. The Hall–Kier alpha value is -4.68. The SMILES string of the molecule is C=C(C)C(=O)OC[C@H](CC(=O)[C@H](CC([O-])O)NC(=O)CCC(=O)[C@H](CCC[NH+]=C(N)N)NC(=O)[C@@H]([NH3+])COC(=O)C(=C)C)C(=O)[O-]. The number of carbonyl (C=O) groups is 7. The maximum atomic E-state index is 13.0. The predicted octanol–water partition coefficient (Wildman–Crippen LogP) is -7.32. The Morgan fingerprint density at radius 1 is 0.913 bits per heavy atom. The van der Waals surface area contributed by atoms with Crippen molar-refractivity contribution in [1.29, 1.82) is 0 Å².